The molecule has 4 aromatic rings. The summed E-state index contributed by atoms with van der Waals surface area (Å²) in [7, 11) is 3.33. The van der Waals surface area contributed by atoms with Crippen LogP contribution in [0.4, 0.5) is 19.4 Å². The third-order valence-corrected chi connectivity index (χ3v) is 10.3. The van der Waals surface area contributed by atoms with Crippen LogP contribution >= 0.6 is 0 Å². The number of fused-ring (bicyclic) bond motifs is 5. The number of rotatable bonds is 4. The highest BCUT2D eigenvalue weighted by Gasteiger charge is 2.48. The van der Waals surface area contributed by atoms with E-state index in [1.165, 1.54) is 11.0 Å². The molecule has 1 amide bonds. The smallest absolute Gasteiger partial charge is 0.409 e. The van der Waals surface area contributed by atoms with Crippen molar-refractivity contribution in [3.63, 3.8) is 0 Å². The first kappa shape index (κ1) is 30.4. The van der Waals surface area contributed by atoms with Crippen molar-refractivity contribution in [1.29, 1.82) is 0 Å². The molecule has 2 aromatic carbocycles. The van der Waals surface area contributed by atoms with Gasteiger partial charge in [0.15, 0.2) is 17.2 Å². The second-order valence-electron chi connectivity index (χ2n) is 13.3. The topological polar surface area (TPSA) is 99.6 Å². The van der Waals surface area contributed by atoms with Gasteiger partial charge in [-0.1, -0.05) is 36.1 Å². The van der Waals surface area contributed by atoms with Gasteiger partial charge in [0, 0.05) is 62.8 Å². The molecule has 0 radical (unpaired) electrons. The molecule has 0 saturated carbocycles. The van der Waals surface area contributed by atoms with E-state index in [2.05, 4.69) is 48.1 Å². The molecule has 4 fully saturated rings. The van der Waals surface area contributed by atoms with Gasteiger partial charge in [0.25, 0.3) is 0 Å². The van der Waals surface area contributed by atoms with Crippen molar-refractivity contribution >= 4 is 33.7 Å². The van der Waals surface area contributed by atoms with E-state index in [0.717, 1.165) is 45.2 Å². The Morgan fingerprint density at radius 3 is 2.81 bits per heavy atom. The third kappa shape index (κ3) is 4.90. The van der Waals surface area contributed by atoms with E-state index in [-0.39, 0.29) is 46.3 Å². The molecule has 0 aliphatic carbocycles. The van der Waals surface area contributed by atoms with Gasteiger partial charge in [-0.15, -0.1) is 16.6 Å². The minimum atomic E-state index is -0.696. The fraction of sp³-hybridized carbons (Fsp3) is 0.417. The average molecular weight is 649 g/mol. The minimum Gasteiger partial charge on any atom is -0.448 e. The molecule has 8 rings (SSSR count). The number of aromatic nitrogens is 4. The van der Waals surface area contributed by atoms with E-state index in [4.69, 9.17) is 16.1 Å². The van der Waals surface area contributed by atoms with Crippen LogP contribution in [0.15, 0.2) is 30.3 Å². The first-order valence-electron chi connectivity index (χ1n) is 16.3. The van der Waals surface area contributed by atoms with Crippen molar-refractivity contribution < 1.29 is 18.3 Å². The lowest BCUT2D eigenvalue weighted by Crippen LogP contribution is -2.44. The summed E-state index contributed by atoms with van der Waals surface area (Å²) in [5.41, 5.74) is 0.144. The van der Waals surface area contributed by atoms with Crippen LogP contribution in [-0.4, -0.2) is 100 Å². The molecule has 4 aliphatic rings. The van der Waals surface area contributed by atoms with Gasteiger partial charge < -0.3 is 19.9 Å². The summed E-state index contributed by atoms with van der Waals surface area (Å²) < 4.78 is 37.1. The number of hydrogen-bond acceptors (Lipinski definition) is 9. The van der Waals surface area contributed by atoms with Crippen LogP contribution in [0.2, 0.25) is 0 Å². The van der Waals surface area contributed by atoms with Crippen LogP contribution in [0.1, 0.15) is 43.5 Å². The van der Waals surface area contributed by atoms with Crippen molar-refractivity contribution in [2.75, 3.05) is 45.2 Å². The Hall–Kier alpha value is -4.91. The van der Waals surface area contributed by atoms with Gasteiger partial charge in [0.05, 0.1) is 11.1 Å². The highest BCUT2D eigenvalue weighted by Crippen LogP contribution is 2.42. The summed E-state index contributed by atoms with van der Waals surface area (Å²) >= 11 is 0. The van der Waals surface area contributed by atoms with Gasteiger partial charge in [-0.3, -0.25) is 4.90 Å². The number of carbonyl (C=O) groups is 1. The van der Waals surface area contributed by atoms with Crippen molar-refractivity contribution in [3.8, 4) is 35.4 Å². The number of anilines is 1. The molecule has 0 unspecified atom stereocenters. The minimum absolute atomic E-state index is 0.00127. The summed E-state index contributed by atoms with van der Waals surface area (Å²) in [6.07, 6.45) is 9.82. The van der Waals surface area contributed by atoms with Crippen LogP contribution < -0.4 is 10.2 Å². The molecular weight excluding hydrogens is 614 g/mol. The van der Waals surface area contributed by atoms with Crippen LogP contribution in [-0.2, 0) is 4.74 Å². The normalized spacial score (nSPS) is 24.5. The number of nitrogens with one attached hydrogen (secondary N) is 1. The fourth-order valence-electron chi connectivity index (χ4n) is 7.99. The Morgan fingerprint density at radius 1 is 1.17 bits per heavy atom. The summed E-state index contributed by atoms with van der Waals surface area (Å²) in [5, 5.41) is 13.4. The molecule has 244 valence electrons. The van der Waals surface area contributed by atoms with Crippen molar-refractivity contribution in [1.82, 2.24) is 35.3 Å². The number of halogens is 2. The Bertz CT molecular complexity index is 2090. The maximum absolute atomic E-state index is 16.8. The predicted molar refractivity (Wildman–Crippen MR) is 177 cm³/mol. The van der Waals surface area contributed by atoms with Crippen molar-refractivity contribution in [3.05, 3.63) is 53.4 Å². The van der Waals surface area contributed by atoms with Crippen LogP contribution in [0.5, 0.6) is 0 Å². The van der Waals surface area contributed by atoms with E-state index < -0.39 is 17.2 Å². The largest absolute Gasteiger partial charge is 0.448 e. The molecule has 4 aliphatic heterocycles. The number of amides is 1. The van der Waals surface area contributed by atoms with Crippen LogP contribution in [0.25, 0.3) is 33.1 Å². The number of terminal acetylenes is 1. The summed E-state index contributed by atoms with van der Waals surface area (Å²) in [4.78, 5) is 27.5. The Morgan fingerprint density at radius 2 is 2.04 bits per heavy atom. The zero-order valence-electron chi connectivity index (χ0n) is 26.8. The standard InChI is InChI=1S/C36H34F2N8O2/c1-4-25-27(37)10-9-21-7-5-8-26(29(21)25)31-30(38)32-33(43-42-31)34(45-19-22-17-24(45)18-39-22)41-28(40-32)12-15-36-13-6-16-46(36)23(11-14-36)20-48-35(47)44(2)3/h1,5,7-10,22-24,39H,6,11,13-14,16-20H2,2-3H3/t22-,23+,24-,36+/m0/s1. The molecule has 2 aromatic heterocycles. The Balaban J connectivity index is 1.23. The number of ether oxygens (including phenoxy) is 1. The molecule has 4 saturated heterocycles. The Kier molecular flexibility index (Phi) is 7.39. The Labute approximate surface area is 276 Å². The lowest BCUT2D eigenvalue weighted by atomic mass is 9.95. The van der Waals surface area contributed by atoms with E-state index in [1.807, 2.05) is 0 Å². The van der Waals surface area contributed by atoms with Crippen LogP contribution in [0.3, 0.4) is 0 Å². The molecule has 6 heterocycles. The highest BCUT2D eigenvalue weighted by molar-refractivity contribution is 6.01. The molecule has 12 heteroatoms. The second-order valence-corrected chi connectivity index (χ2v) is 13.3. The molecule has 2 bridgehead atoms. The zero-order valence-corrected chi connectivity index (χ0v) is 26.8. The SMILES string of the molecule is C#Cc1c(F)ccc2cccc(-c3nnc4c(N5C[C@@H]6C[C@H]5CN6)nc(C#C[C@]56CCCN5[C@@H](COC(=O)N(C)C)CC6)nc4c3F)c12. The molecule has 1 N–H and O–H groups in total. The average Bonchev–Trinajstić information content (AvgIpc) is 3.89. The molecule has 10 nitrogen and oxygen atoms in total. The molecule has 48 heavy (non-hydrogen) atoms. The van der Waals surface area contributed by atoms with Crippen molar-refractivity contribution in [2.24, 2.45) is 0 Å². The number of benzene rings is 2. The maximum Gasteiger partial charge on any atom is 0.409 e. The first-order chi connectivity index (χ1) is 23.3. The third-order valence-electron chi connectivity index (χ3n) is 10.3. The van der Waals surface area contributed by atoms with Gasteiger partial charge >= 0.3 is 6.09 Å². The number of nitrogens with zero attached hydrogens (tertiary/aromatic N) is 7. The first-order valence-corrected chi connectivity index (χ1v) is 16.3. The van der Waals surface area contributed by atoms with Gasteiger partial charge in [0.1, 0.15) is 23.6 Å². The monoisotopic (exact) mass is 648 g/mol. The van der Waals surface area contributed by atoms with Gasteiger partial charge in [-0.25, -0.2) is 23.5 Å². The summed E-state index contributed by atoms with van der Waals surface area (Å²) in [5.74, 6) is 8.58. The predicted octanol–water partition coefficient (Wildman–Crippen LogP) is 4.10. The molecule has 0 spiro atoms. The van der Waals surface area contributed by atoms with Crippen molar-refractivity contribution in [2.45, 2.75) is 55.8 Å². The summed E-state index contributed by atoms with van der Waals surface area (Å²) in [6.45, 7) is 2.65. The lowest BCUT2D eigenvalue weighted by molar-refractivity contribution is 0.0794. The van der Waals surface area contributed by atoms with Gasteiger partial charge in [0.2, 0.25) is 5.82 Å². The number of hydrogen-bond donors (Lipinski definition) is 1. The van der Waals surface area contributed by atoms with Crippen LogP contribution in [0, 0.1) is 35.8 Å². The fourth-order valence-corrected chi connectivity index (χ4v) is 7.99. The van der Waals surface area contributed by atoms with E-state index in [9.17, 15) is 9.18 Å². The highest BCUT2D eigenvalue weighted by atomic mass is 19.1. The van der Waals surface area contributed by atoms with E-state index in [0.29, 0.717) is 41.3 Å². The quantitative estimate of drug-likeness (QED) is 0.328. The van der Waals surface area contributed by atoms with Gasteiger partial charge in [-0.05, 0) is 49.5 Å². The molecular formula is C36H34F2N8O2. The number of piperazine rings is 1. The summed E-state index contributed by atoms with van der Waals surface area (Å²) in [6, 6.07) is 8.68. The second kappa shape index (κ2) is 11.7. The van der Waals surface area contributed by atoms with E-state index in [1.54, 1.807) is 38.4 Å². The lowest BCUT2D eigenvalue weighted by Gasteiger charge is -2.30. The van der Waals surface area contributed by atoms with Gasteiger partial charge in [-0.2, -0.15) is 0 Å². The van der Waals surface area contributed by atoms with E-state index >= 15 is 4.39 Å². The zero-order chi connectivity index (χ0) is 33.2. The number of carbonyl (C=O) groups excluding carboxylic acids is 1. The maximum atomic E-state index is 16.8. The molecule has 4 atom stereocenters.